The highest BCUT2D eigenvalue weighted by Crippen LogP contribution is 2.56. The van der Waals surface area contributed by atoms with Crippen molar-refractivity contribution >= 4 is 65.8 Å². The third-order valence-corrected chi connectivity index (χ3v) is 13.2. The van der Waals surface area contributed by atoms with Gasteiger partial charge in [-0.2, -0.15) is 0 Å². The van der Waals surface area contributed by atoms with Gasteiger partial charge in [-0.1, -0.05) is 146 Å². The molecule has 4 aromatic heterocycles. The second kappa shape index (κ2) is 13.2. The first-order valence-corrected chi connectivity index (χ1v) is 21.5. The summed E-state index contributed by atoms with van der Waals surface area (Å²) in [4.78, 5) is 15.5. The molecule has 0 spiro atoms. The van der Waals surface area contributed by atoms with Crippen LogP contribution in [0.1, 0.15) is 22.3 Å². The van der Waals surface area contributed by atoms with E-state index in [1.165, 1.54) is 27.8 Å². The first-order chi connectivity index (χ1) is 31.7. The van der Waals surface area contributed by atoms with Crippen LogP contribution in [-0.2, 0) is 5.41 Å². The van der Waals surface area contributed by atoms with Crippen LogP contribution in [0.2, 0.25) is 0 Å². The van der Waals surface area contributed by atoms with E-state index < -0.39 is 5.41 Å². The van der Waals surface area contributed by atoms with E-state index >= 15 is 0 Å². The zero-order chi connectivity index (χ0) is 41.9. The second-order valence-corrected chi connectivity index (χ2v) is 16.7. The molecule has 64 heavy (non-hydrogen) atoms. The monoisotopic (exact) mass is 819 g/mol. The van der Waals surface area contributed by atoms with E-state index in [0.717, 1.165) is 88.1 Å². The fourth-order valence-corrected chi connectivity index (χ4v) is 10.3. The Balaban J connectivity index is 0.960. The van der Waals surface area contributed by atoms with E-state index in [-0.39, 0.29) is 0 Å². The minimum absolute atomic E-state index is 0.548. The summed E-state index contributed by atoms with van der Waals surface area (Å²) in [6, 6.07) is 70.0. The Morgan fingerprint density at radius 2 is 0.672 bits per heavy atom. The quantitative estimate of drug-likeness (QED) is 0.172. The van der Waals surface area contributed by atoms with Crippen molar-refractivity contribution in [2.45, 2.75) is 5.41 Å². The summed E-state index contributed by atoms with van der Waals surface area (Å²) in [7, 11) is 0. The Labute approximate surface area is 365 Å². The number of rotatable bonds is 5. The summed E-state index contributed by atoms with van der Waals surface area (Å²) in [5.41, 5.74) is 14.2. The lowest BCUT2D eigenvalue weighted by molar-refractivity contribution is 0.668. The van der Waals surface area contributed by atoms with Gasteiger partial charge in [0.1, 0.15) is 33.5 Å². The molecule has 6 heteroatoms. The van der Waals surface area contributed by atoms with Gasteiger partial charge in [0.15, 0.2) is 17.5 Å². The smallest absolute Gasteiger partial charge is 0.164 e. The number of furan rings is 3. The molecule has 1 aliphatic carbocycles. The zero-order valence-electron chi connectivity index (χ0n) is 34.1. The van der Waals surface area contributed by atoms with Crippen molar-refractivity contribution in [2.75, 3.05) is 0 Å². The van der Waals surface area contributed by atoms with Crippen LogP contribution in [0, 0.1) is 0 Å². The van der Waals surface area contributed by atoms with Crippen LogP contribution in [0.25, 0.3) is 111 Å². The average Bonchev–Trinajstić information content (AvgIpc) is 4.11. The highest BCUT2D eigenvalue weighted by molar-refractivity contribution is 6.07. The molecular weight excluding hydrogens is 787 g/mol. The molecule has 0 bridgehead atoms. The molecule has 0 saturated carbocycles. The molecule has 6 nitrogen and oxygen atoms in total. The Kier molecular flexibility index (Phi) is 7.22. The van der Waals surface area contributed by atoms with E-state index in [1.54, 1.807) is 0 Å². The first kappa shape index (κ1) is 35.0. The molecular formula is C58H33N3O3. The number of fused-ring (bicyclic) bond motifs is 12. The van der Waals surface area contributed by atoms with Gasteiger partial charge in [-0.05, 0) is 88.0 Å². The third kappa shape index (κ3) is 4.99. The van der Waals surface area contributed by atoms with E-state index in [4.69, 9.17) is 28.2 Å². The van der Waals surface area contributed by atoms with Gasteiger partial charge in [-0.25, -0.2) is 15.0 Å². The summed E-state index contributed by atoms with van der Waals surface area (Å²) in [6.45, 7) is 0. The fraction of sp³-hybridized carbons (Fsp3) is 0.0172. The Morgan fingerprint density at radius 3 is 1.22 bits per heavy atom. The largest absolute Gasteiger partial charge is 0.456 e. The molecule has 0 N–H and O–H groups in total. The molecule has 14 rings (SSSR count). The third-order valence-electron chi connectivity index (χ3n) is 13.2. The molecule has 4 heterocycles. The molecule has 0 aliphatic heterocycles. The summed E-state index contributed by atoms with van der Waals surface area (Å²) < 4.78 is 19.0. The normalized spacial score (nSPS) is 13.1. The predicted molar refractivity (Wildman–Crippen MR) is 255 cm³/mol. The van der Waals surface area contributed by atoms with Crippen molar-refractivity contribution in [1.82, 2.24) is 15.0 Å². The molecule has 0 amide bonds. The van der Waals surface area contributed by atoms with Crippen LogP contribution in [0.5, 0.6) is 0 Å². The average molecular weight is 820 g/mol. The number of hydrogen-bond donors (Lipinski definition) is 0. The molecule has 1 aliphatic rings. The van der Waals surface area contributed by atoms with Crippen molar-refractivity contribution in [3.05, 3.63) is 222 Å². The Morgan fingerprint density at radius 1 is 0.281 bits per heavy atom. The molecule has 13 aromatic rings. The molecule has 0 atom stereocenters. The number of nitrogens with zero attached hydrogens (tertiary/aromatic N) is 3. The highest BCUT2D eigenvalue weighted by atomic mass is 16.3. The van der Waals surface area contributed by atoms with Crippen LogP contribution in [-0.4, -0.2) is 15.0 Å². The number of hydrogen-bond acceptors (Lipinski definition) is 6. The highest BCUT2D eigenvalue weighted by Gasteiger charge is 2.46. The maximum absolute atomic E-state index is 6.34. The van der Waals surface area contributed by atoms with E-state index in [1.807, 2.05) is 60.7 Å². The minimum atomic E-state index is -0.613. The van der Waals surface area contributed by atoms with Crippen LogP contribution >= 0.6 is 0 Å². The van der Waals surface area contributed by atoms with Gasteiger partial charge in [0, 0.05) is 49.0 Å². The van der Waals surface area contributed by atoms with Gasteiger partial charge in [0.2, 0.25) is 0 Å². The van der Waals surface area contributed by atoms with Gasteiger partial charge in [0.05, 0.1) is 5.41 Å². The summed E-state index contributed by atoms with van der Waals surface area (Å²) in [5.74, 6) is 1.66. The maximum Gasteiger partial charge on any atom is 0.164 e. The topological polar surface area (TPSA) is 78.1 Å². The van der Waals surface area contributed by atoms with E-state index in [0.29, 0.717) is 17.5 Å². The summed E-state index contributed by atoms with van der Waals surface area (Å²) >= 11 is 0. The van der Waals surface area contributed by atoms with E-state index in [2.05, 4.69) is 140 Å². The second-order valence-electron chi connectivity index (χ2n) is 16.7. The summed E-state index contributed by atoms with van der Waals surface area (Å²) in [6.07, 6.45) is 0. The number of benzene rings is 9. The van der Waals surface area contributed by atoms with Crippen LogP contribution in [0.3, 0.4) is 0 Å². The Hall–Kier alpha value is -8.61. The van der Waals surface area contributed by atoms with Crippen molar-refractivity contribution in [2.24, 2.45) is 0 Å². The fourth-order valence-electron chi connectivity index (χ4n) is 10.3. The van der Waals surface area contributed by atoms with E-state index in [9.17, 15) is 0 Å². The van der Waals surface area contributed by atoms with Crippen molar-refractivity contribution in [3.8, 4) is 45.3 Å². The molecule has 0 radical (unpaired) electrons. The predicted octanol–water partition coefficient (Wildman–Crippen LogP) is 14.9. The van der Waals surface area contributed by atoms with Gasteiger partial charge in [-0.15, -0.1) is 0 Å². The lowest BCUT2D eigenvalue weighted by Gasteiger charge is -2.34. The number of para-hydroxylation sites is 3. The molecule has 0 saturated heterocycles. The standard InChI is InChI=1S/C58H33N3O3/c1-6-16-47-39(11-1)40-12-2-7-17-48(40)58(47,38-27-30-52-46(33-38)43-15-5-10-20-51(43)62-52)37-25-21-34(22-26-37)55-59-56(35-23-28-44-41-13-3-8-18-49(41)63-53(44)31-35)61-57(60-55)36-24-29-45-42-14-4-9-19-50(42)64-54(45)32-36/h1-33H. The van der Waals surface area contributed by atoms with Crippen molar-refractivity contribution in [1.29, 1.82) is 0 Å². The molecule has 298 valence electrons. The molecule has 0 fully saturated rings. The lowest BCUT2D eigenvalue weighted by Crippen LogP contribution is -2.28. The molecule has 9 aromatic carbocycles. The van der Waals surface area contributed by atoms with Crippen molar-refractivity contribution < 1.29 is 13.3 Å². The van der Waals surface area contributed by atoms with Gasteiger partial charge < -0.3 is 13.3 Å². The SMILES string of the molecule is c1ccc2c(c1)-c1ccccc1C2(c1ccc(-c2nc(-c3ccc4c(c3)oc3ccccc34)nc(-c3ccc4c(c3)oc3ccccc34)n2)cc1)c1ccc2oc3ccccc3c2c1. The first-order valence-electron chi connectivity index (χ1n) is 21.5. The van der Waals surface area contributed by atoms with Crippen LogP contribution in [0.4, 0.5) is 0 Å². The Bertz CT molecular complexity index is 3860. The zero-order valence-corrected chi connectivity index (χ0v) is 34.1. The van der Waals surface area contributed by atoms with Gasteiger partial charge >= 0.3 is 0 Å². The van der Waals surface area contributed by atoms with Crippen LogP contribution < -0.4 is 0 Å². The number of aromatic nitrogens is 3. The van der Waals surface area contributed by atoms with Crippen molar-refractivity contribution in [3.63, 3.8) is 0 Å². The van der Waals surface area contributed by atoms with Gasteiger partial charge in [-0.3, -0.25) is 0 Å². The minimum Gasteiger partial charge on any atom is -0.456 e. The van der Waals surface area contributed by atoms with Crippen LogP contribution in [0.15, 0.2) is 213 Å². The molecule has 0 unspecified atom stereocenters. The van der Waals surface area contributed by atoms with Gasteiger partial charge in [0.25, 0.3) is 0 Å². The lowest BCUT2D eigenvalue weighted by atomic mass is 9.67. The maximum atomic E-state index is 6.34. The summed E-state index contributed by atoms with van der Waals surface area (Å²) in [5, 5.41) is 6.43.